The normalized spacial score (nSPS) is 42.7. The number of hydrogen-bond acceptors (Lipinski definition) is 2. The first-order valence-electron chi connectivity index (χ1n) is 7.76. The van der Waals surface area contributed by atoms with Crippen molar-refractivity contribution in [1.29, 1.82) is 0 Å². The van der Waals surface area contributed by atoms with Gasteiger partial charge in [0.05, 0.1) is 0 Å². The Morgan fingerprint density at radius 1 is 1.06 bits per heavy atom. The Labute approximate surface area is 106 Å². The maximum atomic E-state index is 6.03. The molecule has 2 aliphatic carbocycles. The highest BCUT2D eigenvalue weighted by Crippen LogP contribution is 2.48. The summed E-state index contributed by atoms with van der Waals surface area (Å²) in [4.78, 5) is 2.83. The lowest BCUT2D eigenvalue weighted by Gasteiger charge is -2.41. The number of nitrogens with two attached hydrogens (primary N) is 1. The first kappa shape index (κ1) is 12.0. The molecule has 4 rings (SSSR count). The van der Waals surface area contributed by atoms with E-state index in [-0.39, 0.29) is 0 Å². The van der Waals surface area contributed by atoms with Crippen molar-refractivity contribution in [3.05, 3.63) is 0 Å². The van der Waals surface area contributed by atoms with Crippen LogP contribution in [-0.4, -0.2) is 30.1 Å². The molecule has 98 valence electrons. The van der Waals surface area contributed by atoms with Gasteiger partial charge in [0.1, 0.15) is 0 Å². The van der Waals surface area contributed by atoms with Gasteiger partial charge in [0.15, 0.2) is 0 Å². The summed E-state index contributed by atoms with van der Waals surface area (Å²) in [6.45, 7) is 4.52. The van der Waals surface area contributed by atoms with Crippen LogP contribution in [0.15, 0.2) is 0 Å². The molecule has 2 heterocycles. The molecule has 0 aromatic rings. The minimum atomic E-state index is 0.670. The van der Waals surface area contributed by atoms with Crippen molar-refractivity contribution >= 4 is 0 Å². The van der Waals surface area contributed by atoms with Crippen LogP contribution >= 0.6 is 0 Å². The van der Waals surface area contributed by atoms with Crippen molar-refractivity contribution in [2.24, 2.45) is 23.5 Å². The zero-order valence-corrected chi connectivity index (χ0v) is 11.3. The minimum absolute atomic E-state index is 0.670. The number of fused-ring (bicyclic) bond motifs is 1. The van der Waals surface area contributed by atoms with Gasteiger partial charge in [0.25, 0.3) is 0 Å². The van der Waals surface area contributed by atoms with E-state index < -0.39 is 0 Å². The lowest BCUT2D eigenvalue weighted by Crippen LogP contribution is -2.48. The van der Waals surface area contributed by atoms with Gasteiger partial charge in [0, 0.05) is 25.2 Å². The SMILES string of the molecule is CCCC(CN)N1CC2CC3CC(C2)CC1C3. The predicted molar refractivity (Wildman–Crippen MR) is 71.8 cm³/mol. The maximum absolute atomic E-state index is 6.03. The molecule has 0 spiro atoms. The van der Waals surface area contributed by atoms with E-state index in [1.807, 2.05) is 0 Å². The number of hydrogen-bond donors (Lipinski definition) is 1. The van der Waals surface area contributed by atoms with Crippen molar-refractivity contribution in [1.82, 2.24) is 4.90 Å². The van der Waals surface area contributed by atoms with Gasteiger partial charge in [-0.05, 0) is 56.3 Å². The van der Waals surface area contributed by atoms with Crippen LogP contribution in [0.1, 0.15) is 51.9 Å². The second-order valence-corrected chi connectivity index (χ2v) is 6.81. The number of rotatable bonds is 4. The third-order valence-corrected chi connectivity index (χ3v) is 5.51. The Morgan fingerprint density at radius 2 is 1.71 bits per heavy atom. The van der Waals surface area contributed by atoms with E-state index in [9.17, 15) is 0 Å². The smallest absolute Gasteiger partial charge is 0.0221 e. The third kappa shape index (κ3) is 2.26. The third-order valence-electron chi connectivity index (χ3n) is 5.51. The fourth-order valence-corrected chi connectivity index (χ4v) is 5.02. The van der Waals surface area contributed by atoms with E-state index in [2.05, 4.69) is 11.8 Å². The quantitative estimate of drug-likeness (QED) is 0.813. The first-order chi connectivity index (χ1) is 8.30. The lowest BCUT2D eigenvalue weighted by atomic mass is 9.68. The molecule has 2 saturated heterocycles. The van der Waals surface area contributed by atoms with Gasteiger partial charge in [-0.25, -0.2) is 0 Å². The molecular formula is C15H28N2. The topological polar surface area (TPSA) is 29.3 Å². The van der Waals surface area contributed by atoms with Crippen LogP contribution in [0.4, 0.5) is 0 Å². The molecule has 0 amide bonds. The summed E-state index contributed by atoms with van der Waals surface area (Å²) in [6.07, 6.45) is 10.1. The highest BCUT2D eigenvalue weighted by molar-refractivity contribution is 4.97. The Balaban J connectivity index is 1.76. The summed E-state index contributed by atoms with van der Waals surface area (Å²) in [5, 5.41) is 0. The predicted octanol–water partition coefficient (Wildman–Crippen LogP) is 2.62. The zero-order valence-electron chi connectivity index (χ0n) is 11.3. The average Bonchev–Trinajstić information content (AvgIpc) is 2.50. The molecule has 0 aromatic heterocycles. The van der Waals surface area contributed by atoms with Crippen LogP contribution in [0.2, 0.25) is 0 Å². The van der Waals surface area contributed by atoms with Crippen LogP contribution < -0.4 is 5.73 Å². The minimum Gasteiger partial charge on any atom is -0.329 e. The molecule has 4 aliphatic rings. The molecular weight excluding hydrogens is 208 g/mol. The van der Waals surface area contributed by atoms with Gasteiger partial charge < -0.3 is 5.73 Å². The molecule has 0 aromatic carbocycles. The van der Waals surface area contributed by atoms with Crippen molar-refractivity contribution in [2.45, 2.75) is 64.0 Å². The summed E-state index contributed by atoms with van der Waals surface area (Å²) in [5.41, 5.74) is 6.03. The molecule has 2 N–H and O–H groups in total. The Morgan fingerprint density at radius 3 is 2.29 bits per heavy atom. The maximum Gasteiger partial charge on any atom is 0.0221 e. The fourth-order valence-electron chi connectivity index (χ4n) is 5.02. The van der Waals surface area contributed by atoms with Crippen LogP contribution in [-0.2, 0) is 0 Å². The molecule has 2 heteroatoms. The van der Waals surface area contributed by atoms with Crippen LogP contribution in [0.25, 0.3) is 0 Å². The van der Waals surface area contributed by atoms with Crippen LogP contribution in [0, 0.1) is 17.8 Å². The van der Waals surface area contributed by atoms with Gasteiger partial charge in [-0.2, -0.15) is 0 Å². The summed E-state index contributed by atoms with van der Waals surface area (Å²) in [6, 6.07) is 1.55. The van der Waals surface area contributed by atoms with E-state index in [1.165, 1.54) is 45.1 Å². The van der Waals surface area contributed by atoms with Crippen LogP contribution in [0.5, 0.6) is 0 Å². The van der Waals surface area contributed by atoms with Gasteiger partial charge >= 0.3 is 0 Å². The van der Waals surface area contributed by atoms with Gasteiger partial charge in [-0.1, -0.05) is 13.3 Å². The molecule has 4 fully saturated rings. The summed E-state index contributed by atoms with van der Waals surface area (Å²) >= 11 is 0. The molecule has 3 atom stereocenters. The molecule has 0 radical (unpaired) electrons. The largest absolute Gasteiger partial charge is 0.329 e. The summed E-state index contributed by atoms with van der Waals surface area (Å²) < 4.78 is 0. The van der Waals surface area contributed by atoms with Crippen molar-refractivity contribution in [2.75, 3.05) is 13.1 Å². The van der Waals surface area contributed by atoms with E-state index in [1.54, 1.807) is 6.42 Å². The highest BCUT2D eigenvalue weighted by atomic mass is 15.2. The zero-order chi connectivity index (χ0) is 11.8. The Kier molecular flexibility index (Phi) is 3.45. The van der Waals surface area contributed by atoms with Crippen molar-refractivity contribution in [3.63, 3.8) is 0 Å². The first-order valence-corrected chi connectivity index (χ1v) is 7.76. The van der Waals surface area contributed by atoms with Gasteiger partial charge in [-0.15, -0.1) is 0 Å². The van der Waals surface area contributed by atoms with Crippen molar-refractivity contribution < 1.29 is 0 Å². The fraction of sp³-hybridized carbons (Fsp3) is 1.00. The standard InChI is InChI=1S/C15H28N2/c1-2-3-14(9-16)17-10-13-5-11-4-12(6-13)8-15(17)7-11/h11-15H,2-10,16H2,1H3. The van der Waals surface area contributed by atoms with Gasteiger partial charge in [0.2, 0.25) is 0 Å². The van der Waals surface area contributed by atoms with E-state index in [0.717, 1.165) is 30.3 Å². The monoisotopic (exact) mass is 236 g/mol. The van der Waals surface area contributed by atoms with E-state index in [0.29, 0.717) is 6.04 Å². The van der Waals surface area contributed by atoms with Crippen molar-refractivity contribution in [3.8, 4) is 0 Å². The average molecular weight is 236 g/mol. The lowest BCUT2D eigenvalue weighted by molar-refractivity contribution is 0.0941. The highest BCUT2D eigenvalue weighted by Gasteiger charge is 2.43. The van der Waals surface area contributed by atoms with E-state index >= 15 is 0 Å². The second-order valence-electron chi connectivity index (χ2n) is 6.81. The molecule has 17 heavy (non-hydrogen) atoms. The molecule has 2 nitrogen and oxygen atoms in total. The molecule has 3 unspecified atom stereocenters. The molecule has 2 aliphatic heterocycles. The number of nitrogens with zero attached hydrogens (tertiary/aromatic N) is 1. The van der Waals surface area contributed by atoms with Crippen LogP contribution in [0.3, 0.4) is 0 Å². The Bertz CT molecular complexity index is 252. The summed E-state index contributed by atoms with van der Waals surface area (Å²) in [5.74, 6) is 3.11. The molecule has 2 saturated carbocycles. The molecule has 4 bridgehead atoms. The summed E-state index contributed by atoms with van der Waals surface area (Å²) in [7, 11) is 0. The van der Waals surface area contributed by atoms with Gasteiger partial charge in [-0.3, -0.25) is 4.90 Å². The second kappa shape index (κ2) is 4.89. The Hall–Kier alpha value is -0.0800. The van der Waals surface area contributed by atoms with E-state index in [4.69, 9.17) is 5.73 Å².